The van der Waals surface area contributed by atoms with E-state index >= 15 is 0 Å². The molecule has 138 valence electrons. The second-order valence-electron chi connectivity index (χ2n) is 5.90. The van der Waals surface area contributed by atoms with Crippen LogP contribution in [0, 0.1) is 0 Å². The Morgan fingerprint density at radius 1 is 1.20 bits per heavy atom. The van der Waals surface area contributed by atoms with Gasteiger partial charge < -0.3 is 14.4 Å². The molecule has 0 saturated carbocycles. The molecule has 0 saturated heterocycles. The van der Waals surface area contributed by atoms with Crippen molar-refractivity contribution in [2.45, 2.75) is 46.6 Å². The number of amides is 1. The van der Waals surface area contributed by atoms with E-state index in [1.807, 2.05) is 45.0 Å². The van der Waals surface area contributed by atoms with Crippen molar-refractivity contribution in [1.82, 2.24) is 4.90 Å². The first-order chi connectivity index (χ1) is 12.0. The number of para-hydroxylation sites is 1. The Kier molecular flexibility index (Phi) is 9.37. The molecule has 0 N–H and O–H groups in total. The summed E-state index contributed by atoms with van der Waals surface area (Å²) in [4.78, 5) is 25.7. The Labute approximate surface area is 150 Å². The van der Waals surface area contributed by atoms with Gasteiger partial charge in [-0.2, -0.15) is 0 Å². The molecule has 0 fully saturated rings. The maximum Gasteiger partial charge on any atom is 0.307 e. The third-order valence-electron chi connectivity index (χ3n) is 3.55. The molecule has 0 unspecified atom stereocenters. The zero-order valence-electron chi connectivity index (χ0n) is 15.7. The summed E-state index contributed by atoms with van der Waals surface area (Å²) in [5.74, 6) is 0.337. The highest BCUT2D eigenvalue weighted by molar-refractivity contribution is 5.92. The maximum absolute atomic E-state index is 12.5. The van der Waals surface area contributed by atoms with Gasteiger partial charge in [-0.3, -0.25) is 9.59 Å². The van der Waals surface area contributed by atoms with Gasteiger partial charge in [0.15, 0.2) is 0 Å². The van der Waals surface area contributed by atoms with Gasteiger partial charge >= 0.3 is 5.97 Å². The summed E-state index contributed by atoms with van der Waals surface area (Å²) in [5, 5.41) is 0. The van der Waals surface area contributed by atoms with E-state index in [1.165, 1.54) is 6.08 Å². The monoisotopic (exact) mass is 347 g/mol. The van der Waals surface area contributed by atoms with Crippen LogP contribution in [0.25, 0.3) is 6.08 Å². The summed E-state index contributed by atoms with van der Waals surface area (Å²) in [6.45, 7) is 8.99. The molecule has 0 spiro atoms. The highest BCUT2D eigenvalue weighted by Gasteiger charge is 2.16. The van der Waals surface area contributed by atoms with Gasteiger partial charge in [0.25, 0.3) is 0 Å². The molecular weight excluding hydrogens is 318 g/mol. The van der Waals surface area contributed by atoms with Crippen LogP contribution < -0.4 is 4.74 Å². The Balaban J connectivity index is 2.76. The number of carbonyl (C=O) groups is 2. The molecule has 0 aliphatic rings. The first-order valence-electron chi connectivity index (χ1n) is 8.85. The lowest BCUT2D eigenvalue weighted by atomic mass is 10.1. The third-order valence-corrected chi connectivity index (χ3v) is 3.55. The largest absolute Gasteiger partial charge is 0.493 e. The van der Waals surface area contributed by atoms with Crippen LogP contribution in [0.4, 0.5) is 0 Å². The van der Waals surface area contributed by atoms with Crippen molar-refractivity contribution in [2.24, 2.45) is 0 Å². The van der Waals surface area contributed by atoms with E-state index in [4.69, 9.17) is 9.47 Å². The van der Waals surface area contributed by atoms with Gasteiger partial charge in [-0.1, -0.05) is 25.1 Å². The van der Waals surface area contributed by atoms with Gasteiger partial charge in [-0.25, -0.2) is 0 Å². The molecular formula is C20H29NO4. The van der Waals surface area contributed by atoms with Gasteiger partial charge in [0, 0.05) is 24.2 Å². The normalized spacial score (nSPS) is 10.9. The molecule has 0 bridgehead atoms. The fraction of sp³-hybridized carbons (Fsp3) is 0.500. The van der Waals surface area contributed by atoms with E-state index in [-0.39, 0.29) is 24.3 Å². The van der Waals surface area contributed by atoms with Crippen LogP contribution >= 0.6 is 0 Å². The van der Waals surface area contributed by atoms with Crippen molar-refractivity contribution in [3.05, 3.63) is 35.9 Å². The van der Waals surface area contributed by atoms with Crippen LogP contribution in [0.1, 0.15) is 46.1 Å². The first kappa shape index (κ1) is 20.7. The minimum atomic E-state index is -0.289. The van der Waals surface area contributed by atoms with E-state index in [2.05, 4.69) is 0 Å². The topological polar surface area (TPSA) is 55.8 Å². The summed E-state index contributed by atoms with van der Waals surface area (Å²) in [5.41, 5.74) is 0.860. The van der Waals surface area contributed by atoms with Gasteiger partial charge in [-0.05, 0) is 39.3 Å². The number of benzene rings is 1. The third kappa shape index (κ3) is 7.42. The molecule has 5 nitrogen and oxygen atoms in total. The average Bonchev–Trinajstić information content (AvgIpc) is 2.58. The first-order valence-corrected chi connectivity index (χ1v) is 8.85. The average molecular weight is 347 g/mol. The second-order valence-corrected chi connectivity index (χ2v) is 5.90. The summed E-state index contributed by atoms with van der Waals surface area (Å²) < 4.78 is 10.6. The smallest absolute Gasteiger partial charge is 0.307 e. The number of hydrogen-bond donors (Lipinski definition) is 0. The number of rotatable bonds is 10. The standard InChI is InChI=1S/C20H29NO4/c1-5-15-25-18-10-8-7-9-17(18)11-12-19(22)21(16(3)4)14-13-20(23)24-6-2/h7-12,16H,5-6,13-15H2,1-4H3/b12-11+. The zero-order valence-corrected chi connectivity index (χ0v) is 15.7. The minimum absolute atomic E-state index is 0.00170. The summed E-state index contributed by atoms with van der Waals surface area (Å²) in [7, 11) is 0. The number of esters is 1. The van der Waals surface area contributed by atoms with Crippen LogP contribution in [-0.2, 0) is 14.3 Å². The van der Waals surface area contributed by atoms with E-state index in [9.17, 15) is 9.59 Å². The van der Waals surface area contributed by atoms with E-state index in [0.29, 0.717) is 19.8 Å². The SMILES string of the molecule is CCCOc1ccccc1/C=C/C(=O)N(CCC(=O)OCC)C(C)C. The number of nitrogens with zero attached hydrogens (tertiary/aromatic N) is 1. The lowest BCUT2D eigenvalue weighted by molar-refractivity contribution is -0.144. The predicted octanol–water partition coefficient (Wildman–Crippen LogP) is 3.68. The molecule has 0 aliphatic heterocycles. The van der Waals surface area contributed by atoms with Crippen LogP contribution in [0.3, 0.4) is 0 Å². The Bertz CT molecular complexity index is 581. The van der Waals surface area contributed by atoms with Crippen molar-refractivity contribution >= 4 is 18.0 Å². The highest BCUT2D eigenvalue weighted by Crippen LogP contribution is 2.20. The molecule has 0 aliphatic carbocycles. The van der Waals surface area contributed by atoms with E-state index in [0.717, 1.165) is 17.7 Å². The fourth-order valence-electron chi connectivity index (χ4n) is 2.29. The van der Waals surface area contributed by atoms with Crippen molar-refractivity contribution in [3.63, 3.8) is 0 Å². The molecule has 1 aromatic rings. The molecule has 0 heterocycles. The van der Waals surface area contributed by atoms with Crippen LogP contribution in [0.5, 0.6) is 5.75 Å². The van der Waals surface area contributed by atoms with Gasteiger partial charge in [0.1, 0.15) is 5.75 Å². The zero-order chi connectivity index (χ0) is 18.7. The lowest BCUT2D eigenvalue weighted by Crippen LogP contribution is -2.37. The lowest BCUT2D eigenvalue weighted by Gasteiger charge is -2.25. The second kappa shape index (κ2) is 11.3. The van der Waals surface area contributed by atoms with E-state index in [1.54, 1.807) is 17.9 Å². The highest BCUT2D eigenvalue weighted by atomic mass is 16.5. The predicted molar refractivity (Wildman–Crippen MR) is 99.4 cm³/mol. The number of ether oxygens (including phenoxy) is 2. The molecule has 5 heteroatoms. The summed E-state index contributed by atoms with van der Waals surface area (Å²) in [6, 6.07) is 7.61. The fourth-order valence-corrected chi connectivity index (χ4v) is 2.29. The number of hydrogen-bond acceptors (Lipinski definition) is 4. The van der Waals surface area contributed by atoms with Crippen molar-refractivity contribution in [2.75, 3.05) is 19.8 Å². The molecule has 1 aromatic carbocycles. The Morgan fingerprint density at radius 3 is 2.56 bits per heavy atom. The van der Waals surface area contributed by atoms with Crippen LogP contribution in [0.15, 0.2) is 30.3 Å². The molecule has 1 amide bonds. The van der Waals surface area contributed by atoms with E-state index < -0.39 is 0 Å². The Hall–Kier alpha value is -2.30. The Morgan fingerprint density at radius 2 is 1.92 bits per heavy atom. The quantitative estimate of drug-likeness (QED) is 0.478. The summed E-state index contributed by atoms with van der Waals surface area (Å²) >= 11 is 0. The molecule has 0 aromatic heterocycles. The minimum Gasteiger partial charge on any atom is -0.493 e. The maximum atomic E-state index is 12.5. The van der Waals surface area contributed by atoms with Gasteiger partial charge in [-0.15, -0.1) is 0 Å². The van der Waals surface area contributed by atoms with Crippen molar-refractivity contribution in [1.29, 1.82) is 0 Å². The van der Waals surface area contributed by atoms with Crippen molar-refractivity contribution in [3.8, 4) is 5.75 Å². The van der Waals surface area contributed by atoms with Crippen LogP contribution in [-0.4, -0.2) is 42.6 Å². The van der Waals surface area contributed by atoms with Crippen molar-refractivity contribution < 1.29 is 19.1 Å². The molecule has 0 atom stereocenters. The molecule has 25 heavy (non-hydrogen) atoms. The molecule has 1 rings (SSSR count). The number of carbonyl (C=O) groups excluding carboxylic acids is 2. The molecule has 0 radical (unpaired) electrons. The summed E-state index contributed by atoms with van der Waals surface area (Å²) in [6.07, 6.45) is 4.40. The van der Waals surface area contributed by atoms with Gasteiger partial charge in [0.05, 0.1) is 19.6 Å². The van der Waals surface area contributed by atoms with Crippen LogP contribution in [0.2, 0.25) is 0 Å². The van der Waals surface area contributed by atoms with Gasteiger partial charge in [0.2, 0.25) is 5.91 Å².